The van der Waals surface area contributed by atoms with E-state index in [0.717, 1.165) is 11.1 Å². The Morgan fingerprint density at radius 3 is 1.85 bits per heavy atom. The second-order valence-corrected chi connectivity index (χ2v) is 5.13. The molecule has 1 saturated heterocycles. The lowest BCUT2D eigenvalue weighted by Crippen LogP contribution is -2.29. The Morgan fingerprint density at radius 1 is 1.00 bits per heavy atom. The second-order valence-electron chi connectivity index (χ2n) is 4.60. The van der Waals surface area contributed by atoms with Crippen LogP contribution in [0.3, 0.4) is 0 Å². The predicted octanol–water partition coefficient (Wildman–Crippen LogP) is 3.07. The number of rotatable bonds is 3. The first-order chi connectivity index (χ1) is 9.65. The summed E-state index contributed by atoms with van der Waals surface area (Å²) in [5.74, 6) is -0.591. The summed E-state index contributed by atoms with van der Waals surface area (Å²) in [4.78, 5) is 12.0. The number of alkyl halides is 1. The molecule has 0 bridgehead atoms. The molecule has 0 aromatic heterocycles. The molecule has 1 fully saturated rings. The summed E-state index contributed by atoms with van der Waals surface area (Å²) in [7, 11) is 1.30. The number of benzene rings is 2. The Kier molecular flexibility index (Phi) is 3.04. The minimum Gasteiger partial charge on any atom is -0.466 e. The SMILES string of the molecule is COC(=O)C1(Cl)OC1(c1ccccc1)c1ccccc1. The number of hydrogen-bond donors (Lipinski definition) is 0. The maximum Gasteiger partial charge on any atom is 0.358 e. The van der Waals surface area contributed by atoms with Gasteiger partial charge in [-0.15, -0.1) is 0 Å². The van der Waals surface area contributed by atoms with Gasteiger partial charge in [0.1, 0.15) is 0 Å². The van der Waals surface area contributed by atoms with Crippen LogP contribution in [-0.2, 0) is 19.9 Å². The van der Waals surface area contributed by atoms with Crippen molar-refractivity contribution in [3.8, 4) is 0 Å². The number of methoxy groups -OCH3 is 1. The number of carbonyl (C=O) groups excluding carboxylic acids is 1. The highest BCUT2D eigenvalue weighted by molar-refractivity contribution is 6.36. The molecule has 4 heteroatoms. The molecule has 102 valence electrons. The van der Waals surface area contributed by atoms with Crippen molar-refractivity contribution in [1.29, 1.82) is 0 Å². The number of epoxide rings is 1. The van der Waals surface area contributed by atoms with Crippen molar-refractivity contribution in [3.63, 3.8) is 0 Å². The first kappa shape index (κ1) is 13.2. The molecule has 2 aromatic carbocycles. The maximum atomic E-state index is 12.0. The smallest absolute Gasteiger partial charge is 0.358 e. The van der Waals surface area contributed by atoms with Crippen molar-refractivity contribution in [3.05, 3.63) is 71.8 Å². The lowest BCUT2D eigenvalue weighted by Gasteiger charge is -2.15. The third-order valence-electron chi connectivity index (χ3n) is 3.51. The Hall–Kier alpha value is -1.84. The molecule has 1 heterocycles. The molecule has 3 rings (SSSR count). The highest BCUT2D eigenvalue weighted by Gasteiger charge is 2.77. The van der Waals surface area contributed by atoms with Crippen molar-refractivity contribution >= 4 is 17.6 Å². The summed E-state index contributed by atoms with van der Waals surface area (Å²) < 4.78 is 10.5. The van der Waals surface area contributed by atoms with E-state index in [1.54, 1.807) is 0 Å². The van der Waals surface area contributed by atoms with Crippen LogP contribution in [0.1, 0.15) is 11.1 Å². The van der Waals surface area contributed by atoms with Crippen molar-refractivity contribution < 1.29 is 14.3 Å². The average molecular weight is 289 g/mol. The van der Waals surface area contributed by atoms with Crippen LogP contribution in [-0.4, -0.2) is 18.1 Å². The lowest BCUT2D eigenvalue weighted by atomic mass is 9.87. The van der Waals surface area contributed by atoms with Crippen LogP contribution in [0.2, 0.25) is 0 Å². The van der Waals surface area contributed by atoms with Gasteiger partial charge >= 0.3 is 5.97 Å². The van der Waals surface area contributed by atoms with Gasteiger partial charge in [-0.3, -0.25) is 0 Å². The monoisotopic (exact) mass is 288 g/mol. The third kappa shape index (κ3) is 1.67. The zero-order chi connectivity index (χ0) is 14.2. The van der Waals surface area contributed by atoms with E-state index < -0.39 is 16.6 Å². The van der Waals surface area contributed by atoms with Crippen LogP contribution >= 0.6 is 11.6 Å². The van der Waals surface area contributed by atoms with E-state index in [1.807, 2.05) is 60.7 Å². The van der Waals surface area contributed by atoms with Gasteiger partial charge in [0.25, 0.3) is 5.06 Å². The fourth-order valence-corrected chi connectivity index (χ4v) is 2.91. The van der Waals surface area contributed by atoms with Crippen molar-refractivity contribution in [2.75, 3.05) is 7.11 Å². The van der Waals surface area contributed by atoms with E-state index in [1.165, 1.54) is 7.11 Å². The predicted molar refractivity (Wildman–Crippen MR) is 75.3 cm³/mol. The fourth-order valence-electron chi connectivity index (χ4n) is 2.50. The topological polar surface area (TPSA) is 38.8 Å². The number of esters is 1. The van der Waals surface area contributed by atoms with Gasteiger partial charge in [-0.1, -0.05) is 72.3 Å². The first-order valence-electron chi connectivity index (χ1n) is 6.24. The van der Waals surface area contributed by atoms with E-state index in [2.05, 4.69) is 0 Å². The molecule has 0 spiro atoms. The molecule has 0 radical (unpaired) electrons. The zero-order valence-corrected chi connectivity index (χ0v) is 11.6. The van der Waals surface area contributed by atoms with Gasteiger partial charge in [-0.25, -0.2) is 4.79 Å². The minimum absolute atomic E-state index is 0.591. The Labute approximate surface area is 122 Å². The average Bonchev–Trinajstić information content (AvgIpc) is 3.17. The molecular formula is C16H13ClO3. The van der Waals surface area contributed by atoms with Gasteiger partial charge in [0, 0.05) is 0 Å². The summed E-state index contributed by atoms with van der Waals surface area (Å²) in [6, 6.07) is 18.9. The van der Waals surface area contributed by atoms with E-state index >= 15 is 0 Å². The molecule has 0 saturated carbocycles. The van der Waals surface area contributed by atoms with Gasteiger partial charge in [-0.2, -0.15) is 0 Å². The number of carbonyl (C=O) groups is 1. The molecule has 0 amide bonds. The molecule has 20 heavy (non-hydrogen) atoms. The van der Waals surface area contributed by atoms with Crippen LogP contribution in [0, 0.1) is 0 Å². The standard InChI is InChI=1S/C16H13ClO3/c1-19-14(18)16(17)15(20-16,12-8-4-2-5-9-12)13-10-6-3-7-11-13/h2-11H,1H3. The lowest BCUT2D eigenvalue weighted by molar-refractivity contribution is -0.143. The number of hydrogen-bond acceptors (Lipinski definition) is 3. The number of ether oxygens (including phenoxy) is 2. The molecule has 1 unspecified atom stereocenters. The van der Waals surface area contributed by atoms with Crippen LogP contribution in [0.15, 0.2) is 60.7 Å². The van der Waals surface area contributed by atoms with Gasteiger partial charge in [-0.05, 0) is 11.1 Å². The van der Waals surface area contributed by atoms with E-state index in [0.29, 0.717) is 0 Å². The van der Waals surface area contributed by atoms with Crippen molar-refractivity contribution in [1.82, 2.24) is 0 Å². The highest BCUT2D eigenvalue weighted by atomic mass is 35.5. The molecule has 1 aliphatic heterocycles. The molecule has 1 atom stereocenters. The summed E-state index contributed by atoms with van der Waals surface area (Å²) in [5.41, 5.74) is 0.655. The maximum absolute atomic E-state index is 12.0. The zero-order valence-electron chi connectivity index (χ0n) is 10.9. The van der Waals surface area contributed by atoms with E-state index in [-0.39, 0.29) is 0 Å². The normalized spacial score (nSPS) is 23.1. The Morgan fingerprint density at radius 2 is 1.45 bits per heavy atom. The summed E-state index contributed by atoms with van der Waals surface area (Å²) in [5, 5.41) is -1.51. The van der Waals surface area contributed by atoms with Gasteiger partial charge in [0.15, 0.2) is 5.60 Å². The van der Waals surface area contributed by atoms with E-state index in [4.69, 9.17) is 21.1 Å². The molecular weight excluding hydrogens is 276 g/mol. The first-order valence-corrected chi connectivity index (χ1v) is 6.61. The molecule has 3 nitrogen and oxygen atoms in total. The highest BCUT2D eigenvalue weighted by Crippen LogP contribution is 2.62. The van der Waals surface area contributed by atoms with Crippen LogP contribution in [0.4, 0.5) is 0 Å². The second kappa shape index (κ2) is 4.62. The van der Waals surface area contributed by atoms with Crippen LogP contribution < -0.4 is 0 Å². The Balaban J connectivity index is 2.15. The third-order valence-corrected chi connectivity index (χ3v) is 4.01. The van der Waals surface area contributed by atoms with Crippen LogP contribution in [0.5, 0.6) is 0 Å². The summed E-state index contributed by atoms with van der Waals surface area (Å²) in [6.07, 6.45) is 0. The summed E-state index contributed by atoms with van der Waals surface area (Å²) >= 11 is 6.39. The largest absolute Gasteiger partial charge is 0.466 e. The summed E-state index contributed by atoms with van der Waals surface area (Å²) in [6.45, 7) is 0. The van der Waals surface area contributed by atoms with Gasteiger partial charge in [0.2, 0.25) is 0 Å². The van der Waals surface area contributed by atoms with E-state index in [9.17, 15) is 4.79 Å². The Bertz CT molecular complexity index is 587. The molecule has 0 aliphatic carbocycles. The molecule has 0 N–H and O–H groups in total. The molecule has 1 aliphatic rings. The van der Waals surface area contributed by atoms with Gasteiger partial charge in [0.05, 0.1) is 7.11 Å². The van der Waals surface area contributed by atoms with Crippen molar-refractivity contribution in [2.24, 2.45) is 0 Å². The number of halogens is 1. The molecule has 2 aromatic rings. The minimum atomic E-state index is -1.51. The quantitative estimate of drug-likeness (QED) is 0.495. The van der Waals surface area contributed by atoms with Crippen molar-refractivity contribution in [2.45, 2.75) is 10.7 Å². The van der Waals surface area contributed by atoms with Crippen LogP contribution in [0.25, 0.3) is 0 Å². The van der Waals surface area contributed by atoms with Gasteiger partial charge < -0.3 is 9.47 Å². The fraction of sp³-hybridized carbons (Fsp3) is 0.188.